The molecule has 17 heavy (non-hydrogen) atoms. The Morgan fingerprint density at radius 2 is 1.41 bits per heavy atom. The van der Waals surface area contributed by atoms with Crippen LogP contribution in [0.2, 0.25) is 0 Å². The quantitative estimate of drug-likeness (QED) is 0.785. The molecular weight excluding hydrogens is 216 g/mol. The number of nitrogens with one attached hydrogen (secondary N) is 1. The largest absolute Gasteiger partial charge is 0.370 e. The minimum Gasteiger partial charge on any atom is -0.370 e. The van der Waals surface area contributed by atoms with Gasteiger partial charge in [0.15, 0.2) is 0 Å². The summed E-state index contributed by atoms with van der Waals surface area (Å²) in [5.41, 5.74) is 4.92. The zero-order chi connectivity index (χ0) is 14.9. The first-order chi connectivity index (χ1) is 8.07. The van der Waals surface area contributed by atoms with Crippen LogP contribution in [-0.2, 0) is 9.59 Å². The second-order valence-electron chi connectivity index (χ2n) is 2.46. The third-order valence-corrected chi connectivity index (χ3v) is 1.52. The number of Topliss-reactive ketones (excluding diaryl/α,β-unsaturated/α-hetero) is 1. The van der Waals surface area contributed by atoms with Crippen LogP contribution in [0.3, 0.4) is 0 Å². The number of ketones is 1. The molecule has 3 N–H and O–H groups in total. The van der Waals surface area contributed by atoms with Gasteiger partial charge in [-0.05, 0) is 20.4 Å². The van der Waals surface area contributed by atoms with Crippen LogP contribution in [0, 0.1) is 0 Å². The number of hydrogen-bond acceptors (Lipinski definition) is 3. The molecule has 0 aliphatic carbocycles. The summed E-state index contributed by atoms with van der Waals surface area (Å²) in [6.45, 7) is 13.5. The van der Waals surface area contributed by atoms with Crippen LogP contribution in [0.4, 0.5) is 0 Å². The Labute approximate surface area is 107 Å². The van der Waals surface area contributed by atoms with Crippen LogP contribution in [-0.4, -0.2) is 24.8 Å². The van der Waals surface area contributed by atoms with Crippen molar-refractivity contribution in [2.45, 2.75) is 67.3 Å². The monoisotopic (exact) mass is 248 g/mol. The first-order valence-electron chi connectivity index (χ1n) is 6.54. The van der Waals surface area contributed by atoms with Crippen molar-refractivity contribution in [1.82, 2.24) is 5.32 Å². The van der Waals surface area contributed by atoms with Gasteiger partial charge in [0.1, 0.15) is 5.78 Å². The first-order valence-corrected chi connectivity index (χ1v) is 6.54. The van der Waals surface area contributed by atoms with Crippen LogP contribution in [0.5, 0.6) is 0 Å². The van der Waals surface area contributed by atoms with E-state index in [-0.39, 0.29) is 24.2 Å². The Hall–Kier alpha value is -0.900. The molecule has 0 spiro atoms. The van der Waals surface area contributed by atoms with E-state index >= 15 is 0 Å². The fraction of sp³-hybridized carbons (Fsp3) is 0.846. The van der Waals surface area contributed by atoms with E-state index in [1.165, 1.54) is 6.92 Å². The van der Waals surface area contributed by atoms with Gasteiger partial charge in [0, 0.05) is 6.42 Å². The fourth-order valence-corrected chi connectivity index (χ4v) is 0.837. The maximum atomic E-state index is 10.8. The molecule has 1 amide bonds. The highest BCUT2D eigenvalue weighted by Gasteiger charge is 2.11. The van der Waals surface area contributed by atoms with Gasteiger partial charge in [-0.1, -0.05) is 41.5 Å². The Balaban J connectivity index is -0.000000121. The molecule has 4 heteroatoms. The molecule has 1 unspecified atom stereocenters. The predicted octanol–water partition coefficient (Wildman–Crippen LogP) is 2.51. The summed E-state index contributed by atoms with van der Waals surface area (Å²) in [6, 6.07) is -0.234. The SMILES string of the molecule is CC.CC.CC.CNC(CCC(N)=O)C(C)=O. The van der Waals surface area contributed by atoms with Gasteiger partial charge < -0.3 is 11.1 Å². The van der Waals surface area contributed by atoms with Crippen LogP contribution < -0.4 is 11.1 Å². The van der Waals surface area contributed by atoms with Gasteiger partial charge in [0.05, 0.1) is 6.04 Å². The highest BCUT2D eigenvalue weighted by molar-refractivity contribution is 5.82. The normalized spacial score (nSPS) is 9.18. The van der Waals surface area contributed by atoms with Crippen molar-refractivity contribution < 1.29 is 9.59 Å². The molecule has 0 radical (unpaired) electrons. The summed E-state index contributed by atoms with van der Waals surface area (Å²) in [5.74, 6) is -0.333. The van der Waals surface area contributed by atoms with Crippen LogP contribution in [0.1, 0.15) is 61.3 Å². The molecular formula is C13H32N2O2. The van der Waals surface area contributed by atoms with Gasteiger partial charge in [0.2, 0.25) is 5.91 Å². The maximum absolute atomic E-state index is 10.8. The number of likely N-dealkylation sites (N-methyl/N-ethyl adjacent to an activating group) is 1. The average Bonchev–Trinajstić information content (AvgIpc) is 2.36. The summed E-state index contributed by atoms with van der Waals surface area (Å²) in [7, 11) is 1.69. The Morgan fingerprint density at radius 3 is 1.59 bits per heavy atom. The number of rotatable bonds is 5. The zero-order valence-corrected chi connectivity index (χ0v) is 12.9. The van der Waals surface area contributed by atoms with Crippen molar-refractivity contribution in [3.63, 3.8) is 0 Å². The lowest BCUT2D eigenvalue weighted by Gasteiger charge is -2.10. The Bertz CT molecular complexity index is 159. The van der Waals surface area contributed by atoms with E-state index in [4.69, 9.17) is 5.73 Å². The molecule has 0 aromatic heterocycles. The number of carbonyl (C=O) groups is 2. The Morgan fingerprint density at radius 1 is 1.06 bits per heavy atom. The molecule has 0 aliphatic rings. The summed E-state index contributed by atoms with van der Waals surface area (Å²) in [5, 5.41) is 2.80. The van der Waals surface area contributed by atoms with Crippen molar-refractivity contribution in [3.05, 3.63) is 0 Å². The second-order valence-corrected chi connectivity index (χ2v) is 2.46. The standard InChI is InChI=1S/C7H14N2O2.3C2H6/c1-5(10)6(9-2)3-4-7(8)11;3*1-2/h6,9H,3-4H2,1-2H3,(H2,8,11);3*1-2H3. The number of amides is 1. The molecule has 0 saturated heterocycles. The van der Waals surface area contributed by atoms with Crippen LogP contribution in [0.25, 0.3) is 0 Å². The first kappa shape index (κ1) is 25.1. The van der Waals surface area contributed by atoms with Crippen molar-refractivity contribution in [2.24, 2.45) is 5.73 Å². The lowest BCUT2D eigenvalue weighted by Crippen LogP contribution is -2.33. The van der Waals surface area contributed by atoms with Crippen molar-refractivity contribution in [3.8, 4) is 0 Å². The van der Waals surface area contributed by atoms with E-state index in [1.54, 1.807) is 7.05 Å². The van der Waals surface area contributed by atoms with E-state index in [0.717, 1.165) is 0 Å². The molecule has 0 rings (SSSR count). The van der Waals surface area contributed by atoms with E-state index in [2.05, 4.69) is 5.32 Å². The van der Waals surface area contributed by atoms with Crippen LogP contribution >= 0.6 is 0 Å². The lowest BCUT2D eigenvalue weighted by molar-refractivity contribution is -0.120. The van der Waals surface area contributed by atoms with Gasteiger partial charge in [-0.15, -0.1) is 0 Å². The number of hydrogen-bond donors (Lipinski definition) is 2. The predicted molar refractivity (Wildman–Crippen MR) is 76.0 cm³/mol. The van der Waals surface area contributed by atoms with E-state index in [0.29, 0.717) is 6.42 Å². The molecule has 1 atom stereocenters. The number of primary amides is 1. The summed E-state index contributed by atoms with van der Waals surface area (Å²) in [6.07, 6.45) is 0.742. The van der Waals surface area contributed by atoms with Crippen molar-refractivity contribution >= 4 is 11.7 Å². The molecule has 106 valence electrons. The minimum atomic E-state index is -0.369. The van der Waals surface area contributed by atoms with Gasteiger partial charge in [0.25, 0.3) is 0 Å². The third kappa shape index (κ3) is 25.4. The van der Waals surface area contributed by atoms with Gasteiger partial charge in [-0.3, -0.25) is 9.59 Å². The summed E-state index contributed by atoms with van der Waals surface area (Å²) >= 11 is 0. The van der Waals surface area contributed by atoms with E-state index < -0.39 is 0 Å². The highest BCUT2D eigenvalue weighted by Crippen LogP contribution is 1.96. The molecule has 0 aromatic rings. The topological polar surface area (TPSA) is 72.2 Å². The summed E-state index contributed by atoms with van der Waals surface area (Å²) in [4.78, 5) is 21.1. The minimum absolute atomic E-state index is 0.0359. The summed E-state index contributed by atoms with van der Waals surface area (Å²) < 4.78 is 0. The molecule has 0 aromatic carbocycles. The highest BCUT2D eigenvalue weighted by atomic mass is 16.1. The second kappa shape index (κ2) is 24.4. The Kier molecular flexibility index (Phi) is 35.9. The van der Waals surface area contributed by atoms with Gasteiger partial charge in [-0.25, -0.2) is 0 Å². The number of nitrogens with two attached hydrogens (primary N) is 1. The molecule has 0 bridgehead atoms. The third-order valence-electron chi connectivity index (χ3n) is 1.52. The molecule has 0 fully saturated rings. The van der Waals surface area contributed by atoms with Gasteiger partial charge >= 0.3 is 0 Å². The van der Waals surface area contributed by atoms with E-state index in [9.17, 15) is 9.59 Å². The molecule has 0 aliphatic heterocycles. The average molecular weight is 248 g/mol. The lowest BCUT2D eigenvalue weighted by atomic mass is 10.1. The van der Waals surface area contributed by atoms with Crippen LogP contribution in [0.15, 0.2) is 0 Å². The van der Waals surface area contributed by atoms with Crippen molar-refractivity contribution in [2.75, 3.05) is 7.05 Å². The fourth-order valence-electron chi connectivity index (χ4n) is 0.837. The molecule has 4 nitrogen and oxygen atoms in total. The molecule has 0 heterocycles. The zero-order valence-electron chi connectivity index (χ0n) is 12.9. The van der Waals surface area contributed by atoms with E-state index in [1.807, 2.05) is 41.5 Å². The number of carbonyl (C=O) groups excluding carboxylic acids is 2. The van der Waals surface area contributed by atoms with Crippen molar-refractivity contribution in [1.29, 1.82) is 0 Å². The maximum Gasteiger partial charge on any atom is 0.217 e. The molecule has 0 saturated carbocycles. The smallest absolute Gasteiger partial charge is 0.217 e. The van der Waals surface area contributed by atoms with Gasteiger partial charge in [-0.2, -0.15) is 0 Å².